The Bertz CT molecular complexity index is 212. The van der Waals surface area contributed by atoms with Crippen LogP contribution < -0.4 is 0 Å². The Kier molecular flexibility index (Phi) is 3.24. The van der Waals surface area contributed by atoms with Crippen LogP contribution in [-0.4, -0.2) is 19.0 Å². The maximum atomic E-state index is 5.87. The fourth-order valence-corrected chi connectivity index (χ4v) is 2.46. The van der Waals surface area contributed by atoms with E-state index in [1.54, 1.807) is 0 Å². The van der Waals surface area contributed by atoms with Crippen LogP contribution in [0.15, 0.2) is 12.2 Å². The zero-order valence-corrected chi connectivity index (χ0v) is 9.11. The van der Waals surface area contributed by atoms with Gasteiger partial charge in [-0.2, -0.15) is 0 Å². The average molecular weight is 196 g/mol. The summed E-state index contributed by atoms with van der Waals surface area (Å²) < 4.78 is 11.4. The molecule has 2 rings (SSSR count). The summed E-state index contributed by atoms with van der Waals surface area (Å²) >= 11 is 0. The molecule has 0 aromatic carbocycles. The molecule has 2 aliphatic rings. The summed E-state index contributed by atoms with van der Waals surface area (Å²) in [5.41, 5.74) is 0. The van der Waals surface area contributed by atoms with E-state index >= 15 is 0 Å². The Morgan fingerprint density at radius 3 is 2.79 bits per heavy atom. The Labute approximate surface area is 86.3 Å². The van der Waals surface area contributed by atoms with Crippen LogP contribution in [0.5, 0.6) is 0 Å². The maximum absolute atomic E-state index is 5.87. The van der Waals surface area contributed by atoms with E-state index in [2.05, 4.69) is 19.1 Å². The van der Waals surface area contributed by atoms with Gasteiger partial charge in [0.2, 0.25) is 0 Å². The summed E-state index contributed by atoms with van der Waals surface area (Å²) in [4.78, 5) is 0. The van der Waals surface area contributed by atoms with Gasteiger partial charge in [-0.3, -0.25) is 0 Å². The van der Waals surface area contributed by atoms with Crippen LogP contribution in [0.1, 0.15) is 33.1 Å². The third-order valence-electron chi connectivity index (χ3n) is 3.14. The Morgan fingerprint density at radius 2 is 2.21 bits per heavy atom. The molecule has 4 unspecified atom stereocenters. The highest BCUT2D eigenvalue weighted by Gasteiger charge is 2.37. The van der Waals surface area contributed by atoms with E-state index in [4.69, 9.17) is 9.47 Å². The van der Waals surface area contributed by atoms with Crippen molar-refractivity contribution in [2.75, 3.05) is 6.61 Å². The molecule has 0 N–H and O–H groups in total. The molecule has 1 fully saturated rings. The smallest absolute Gasteiger partial charge is 0.155 e. The van der Waals surface area contributed by atoms with Gasteiger partial charge in [-0.05, 0) is 32.1 Å². The zero-order valence-electron chi connectivity index (χ0n) is 9.11. The van der Waals surface area contributed by atoms with Gasteiger partial charge in [0.15, 0.2) is 6.29 Å². The van der Waals surface area contributed by atoms with Crippen LogP contribution >= 0.6 is 0 Å². The van der Waals surface area contributed by atoms with Crippen molar-refractivity contribution >= 4 is 0 Å². The predicted octanol–water partition coefficient (Wildman–Crippen LogP) is 2.74. The van der Waals surface area contributed by atoms with E-state index in [0.29, 0.717) is 12.0 Å². The summed E-state index contributed by atoms with van der Waals surface area (Å²) in [7, 11) is 0. The molecule has 0 radical (unpaired) electrons. The summed E-state index contributed by atoms with van der Waals surface area (Å²) in [6.45, 7) is 4.93. The molecule has 4 atom stereocenters. The normalized spacial score (nSPS) is 36.6. The van der Waals surface area contributed by atoms with Crippen molar-refractivity contribution in [3.63, 3.8) is 0 Å². The molecular formula is C12H20O2. The first kappa shape index (κ1) is 10.2. The van der Waals surface area contributed by atoms with Crippen molar-refractivity contribution in [3.05, 3.63) is 12.2 Å². The first-order valence-corrected chi connectivity index (χ1v) is 5.75. The van der Waals surface area contributed by atoms with Crippen molar-refractivity contribution in [2.24, 2.45) is 11.8 Å². The van der Waals surface area contributed by atoms with Crippen molar-refractivity contribution in [1.82, 2.24) is 0 Å². The van der Waals surface area contributed by atoms with Gasteiger partial charge in [-0.1, -0.05) is 19.1 Å². The molecule has 0 aromatic rings. The standard InChI is InChI=1S/C12H20O2/c1-3-6-13-9(2)14-12-8-10-4-5-11(12)7-10/h4-5,9-12H,3,6-8H2,1-2H3. The van der Waals surface area contributed by atoms with Crippen molar-refractivity contribution in [1.29, 1.82) is 0 Å². The average Bonchev–Trinajstić information content (AvgIpc) is 2.76. The number of fused-ring (bicyclic) bond motifs is 2. The highest BCUT2D eigenvalue weighted by molar-refractivity contribution is 5.10. The third-order valence-corrected chi connectivity index (χ3v) is 3.14. The van der Waals surface area contributed by atoms with Crippen LogP contribution in [0, 0.1) is 11.8 Å². The number of allylic oxidation sites excluding steroid dienone is 1. The van der Waals surface area contributed by atoms with Gasteiger partial charge in [0.05, 0.1) is 6.10 Å². The number of rotatable bonds is 5. The molecule has 0 spiro atoms. The molecule has 0 heterocycles. The first-order valence-electron chi connectivity index (χ1n) is 5.75. The van der Waals surface area contributed by atoms with Crippen LogP contribution in [0.4, 0.5) is 0 Å². The molecule has 2 nitrogen and oxygen atoms in total. The lowest BCUT2D eigenvalue weighted by molar-refractivity contribution is -0.164. The van der Waals surface area contributed by atoms with Gasteiger partial charge in [0.1, 0.15) is 0 Å². The van der Waals surface area contributed by atoms with Crippen LogP contribution in [0.25, 0.3) is 0 Å². The summed E-state index contributed by atoms with van der Waals surface area (Å²) in [5.74, 6) is 1.44. The summed E-state index contributed by atoms with van der Waals surface area (Å²) in [6.07, 6.45) is 8.58. The van der Waals surface area contributed by atoms with E-state index in [1.165, 1.54) is 12.8 Å². The van der Waals surface area contributed by atoms with E-state index in [9.17, 15) is 0 Å². The van der Waals surface area contributed by atoms with Gasteiger partial charge in [-0.25, -0.2) is 0 Å². The first-order chi connectivity index (χ1) is 6.79. The number of hydrogen-bond donors (Lipinski definition) is 0. The fourth-order valence-electron chi connectivity index (χ4n) is 2.46. The van der Waals surface area contributed by atoms with Gasteiger partial charge >= 0.3 is 0 Å². The minimum absolute atomic E-state index is 0.0345. The second-order valence-corrected chi connectivity index (χ2v) is 4.39. The van der Waals surface area contributed by atoms with E-state index in [0.717, 1.165) is 18.9 Å². The SMILES string of the molecule is CCCOC(C)OC1CC2C=CC1C2. The highest BCUT2D eigenvalue weighted by Crippen LogP contribution is 2.41. The van der Waals surface area contributed by atoms with Crippen LogP contribution in [0.2, 0.25) is 0 Å². The van der Waals surface area contributed by atoms with E-state index in [1.807, 2.05) is 6.92 Å². The Balaban J connectivity index is 1.73. The van der Waals surface area contributed by atoms with Gasteiger partial charge in [-0.15, -0.1) is 0 Å². The molecule has 2 aliphatic carbocycles. The van der Waals surface area contributed by atoms with Gasteiger partial charge in [0, 0.05) is 12.5 Å². The lowest BCUT2D eigenvalue weighted by atomic mass is 10.0. The molecule has 14 heavy (non-hydrogen) atoms. The summed E-state index contributed by atoms with van der Waals surface area (Å²) in [5, 5.41) is 0. The molecular weight excluding hydrogens is 176 g/mol. The number of hydrogen-bond acceptors (Lipinski definition) is 2. The van der Waals surface area contributed by atoms with Gasteiger partial charge in [0.25, 0.3) is 0 Å². The second kappa shape index (κ2) is 4.45. The van der Waals surface area contributed by atoms with Crippen LogP contribution in [0.3, 0.4) is 0 Å². The van der Waals surface area contributed by atoms with Gasteiger partial charge < -0.3 is 9.47 Å². The molecule has 0 saturated heterocycles. The molecule has 2 heteroatoms. The molecule has 0 aromatic heterocycles. The van der Waals surface area contributed by atoms with Crippen LogP contribution in [-0.2, 0) is 9.47 Å². The molecule has 2 bridgehead atoms. The topological polar surface area (TPSA) is 18.5 Å². The fraction of sp³-hybridized carbons (Fsp3) is 0.833. The molecule has 0 aliphatic heterocycles. The highest BCUT2D eigenvalue weighted by atomic mass is 16.7. The maximum Gasteiger partial charge on any atom is 0.155 e. The summed E-state index contributed by atoms with van der Waals surface area (Å²) in [6, 6.07) is 0. The predicted molar refractivity (Wildman–Crippen MR) is 55.9 cm³/mol. The van der Waals surface area contributed by atoms with Crippen molar-refractivity contribution in [2.45, 2.75) is 45.5 Å². The molecule has 0 amide bonds. The lowest BCUT2D eigenvalue weighted by Crippen LogP contribution is -2.25. The quantitative estimate of drug-likeness (QED) is 0.497. The minimum Gasteiger partial charge on any atom is -0.353 e. The Hall–Kier alpha value is -0.340. The van der Waals surface area contributed by atoms with Crippen molar-refractivity contribution in [3.8, 4) is 0 Å². The van der Waals surface area contributed by atoms with E-state index in [-0.39, 0.29) is 6.29 Å². The third kappa shape index (κ3) is 2.18. The second-order valence-electron chi connectivity index (χ2n) is 4.39. The van der Waals surface area contributed by atoms with E-state index < -0.39 is 0 Å². The zero-order chi connectivity index (χ0) is 9.97. The minimum atomic E-state index is -0.0345. The largest absolute Gasteiger partial charge is 0.353 e. The van der Waals surface area contributed by atoms with Crippen molar-refractivity contribution < 1.29 is 9.47 Å². The Morgan fingerprint density at radius 1 is 1.36 bits per heavy atom. The molecule has 80 valence electrons. The lowest BCUT2D eigenvalue weighted by Gasteiger charge is -2.23. The number of ether oxygens (including phenoxy) is 2. The monoisotopic (exact) mass is 196 g/mol. The molecule has 1 saturated carbocycles.